The lowest BCUT2D eigenvalue weighted by Crippen LogP contribution is -2.65. The molecule has 3 aromatic rings. The Morgan fingerprint density at radius 3 is 2.60 bits per heavy atom. The van der Waals surface area contributed by atoms with E-state index in [4.69, 9.17) is 13.9 Å². The fourth-order valence-corrected chi connectivity index (χ4v) is 5.62. The molecule has 186 valence electrons. The van der Waals surface area contributed by atoms with Crippen molar-refractivity contribution in [2.75, 3.05) is 14.2 Å². The molecule has 0 bridgehead atoms. The van der Waals surface area contributed by atoms with Gasteiger partial charge in [-0.3, -0.25) is 9.59 Å². The number of amides is 2. The van der Waals surface area contributed by atoms with Crippen molar-refractivity contribution in [2.45, 2.75) is 64.2 Å². The van der Waals surface area contributed by atoms with Gasteiger partial charge < -0.3 is 28.7 Å². The molecule has 1 aliphatic carbocycles. The summed E-state index contributed by atoms with van der Waals surface area (Å²) in [5.74, 6) is 1.93. The number of methoxy groups -OCH3 is 2. The number of fused-ring (bicyclic) bond motifs is 3. The maximum absolute atomic E-state index is 14.0. The number of rotatable bonds is 6. The highest BCUT2D eigenvalue weighted by molar-refractivity contribution is 6.05. The van der Waals surface area contributed by atoms with Crippen molar-refractivity contribution >= 4 is 22.7 Å². The molecule has 2 amide bonds. The van der Waals surface area contributed by atoms with E-state index in [1.807, 2.05) is 35.8 Å². The van der Waals surface area contributed by atoms with Gasteiger partial charge in [-0.2, -0.15) is 0 Å². The minimum Gasteiger partial charge on any atom is -0.496 e. The summed E-state index contributed by atoms with van der Waals surface area (Å²) < 4.78 is 18.7. The van der Waals surface area contributed by atoms with Gasteiger partial charge in [0.25, 0.3) is 5.91 Å². The molecular weight excluding hydrogens is 446 g/mol. The number of nitrogens with one attached hydrogen (secondary N) is 1. The van der Waals surface area contributed by atoms with Crippen molar-refractivity contribution in [2.24, 2.45) is 5.92 Å². The summed E-state index contributed by atoms with van der Waals surface area (Å²) in [5, 5.41) is 4.08. The maximum Gasteiger partial charge on any atom is 0.271 e. The monoisotopic (exact) mass is 479 g/mol. The quantitative estimate of drug-likeness (QED) is 0.568. The fourth-order valence-electron chi connectivity index (χ4n) is 5.62. The van der Waals surface area contributed by atoms with E-state index in [2.05, 4.69) is 12.2 Å². The van der Waals surface area contributed by atoms with E-state index in [0.717, 1.165) is 30.2 Å². The van der Waals surface area contributed by atoms with Gasteiger partial charge >= 0.3 is 0 Å². The van der Waals surface area contributed by atoms with E-state index in [1.165, 1.54) is 6.42 Å². The van der Waals surface area contributed by atoms with Crippen LogP contribution in [0.25, 0.3) is 10.9 Å². The molecule has 0 radical (unpaired) electrons. The Labute approximate surface area is 205 Å². The highest BCUT2D eigenvalue weighted by Crippen LogP contribution is 2.40. The molecular formula is C27H33N3O5. The second-order valence-electron chi connectivity index (χ2n) is 9.93. The number of carbonyl (C=O) groups is 2. The van der Waals surface area contributed by atoms with Gasteiger partial charge in [-0.05, 0) is 56.0 Å². The van der Waals surface area contributed by atoms with Gasteiger partial charge in [-0.25, -0.2) is 0 Å². The number of aromatic nitrogens is 1. The van der Waals surface area contributed by atoms with Crippen LogP contribution in [0.15, 0.2) is 41.0 Å². The molecule has 1 saturated carbocycles. The van der Waals surface area contributed by atoms with Crippen molar-refractivity contribution in [3.8, 4) is 11.5 Å². The van der Waals surface area contributed by atoms with Crippen LogP contribution < -0.4 is 14.8 Å². The number of hydrogen-bond donors (Lipinski definition) is 1. The van der Waals surface area contributed by atoms with E-state index >= 15 is 0 Å². The topological polar surface area (TPSA) is 85.9 Å². The zero-order valence-electron chi connectivity index (χ0n) is 20.8. The molecule has 35 heavy (non-hydrogen) atoms. The highest BCUT2D eigenvalue weighted by atomic mass is 16.5. The minimum absolute atomic E-state index is 0.103. The average molecular weight is 480 g/mol. The molecule has 1 aromatic carbocycles. The van der Waals surface area contributed by atoms with E-state index in [9.17, 15) is 9.59 Å². The summed E-state index contributed by atoms with van der Waals surface area (Å²) in [6.07, 6.45) is 5.92. The van der Waals surface area contributed by atoms with E-state index in [0.29, 0.717) is 28.9 Å². The minimum atomic E-state index is -1.13. The summed E-state index contributed by atoms with van der Waals surface area (Å²) in [5.41, 5.74) is 0.109. The van der Waals surface area contributed by atoms with Gasteiger partial charge in [0.15, 0.2) is 0 Å². The van der Waals surface area contributed by atoms with E-state index < -0.39 is 5.54 Å². The van der Waals surface area contributed by atoms with Crippen LogP contribution in [0, 0.1) is 5.92 Å². The van der Waals surface area contributed by atoms with Crippen LogP contribution in [0.5, 0.6) is 11.5 Å². The van der Waals surface area contributed by atoms with Crippen molar-refractivity contribution in [1.82, 2.24) is 14.8 Å². The first kappa shape index (κ1) is 23.3. The Morgan fingerprint density at radius 2 is 1.91 bits per heavy atom. The van der Waals surface area contributed by atoms with E-state index in [1.54, 1.807) is 31.4 Å². The van der Waals surface area contributed by atoms with Crippen LogP contribution >= 0.6 is 0 Å². The second kappa shape index (κ2) is 8.98. The van der Waals surface area contributed by atoms with Crippen LogP contribution in [0.4, 0.5) is 0 Å². The molecule has 1 fully saturated rings. The normalized spacial score (nSPS) is 24.3. The number of benzene rings is 1. The van der Waals surface area contributed by atoms with Gasteiger partial charge in [0.05, 0.1) is 39.1 Å². The first-order valence-corrected chi connectivity index (χ1v) is 12.3. The SMILES string of the molecule is COc1ccc(OC)c2c1cc1n2C[C@](C)(C(=O)N[C@@H]2CCCC[C@H]2C)N(Cc2ccco2)C1=O. The summed E-state index contributed by atoms with van der Waals surface area (Å²) in [4.78, 5) is 29.6. The second-order valence-corrected chi connectivity index (χ2v) is 9.93. The third-order valence-corrected chi connectivity index (χ3v) is 7.76. The molecule has 8 heteroatoms. The standard InChI is InChI=1S/C27H33N3O5/c1-17-8-5-6-10-20(17)28-26(32)27(2)16-29-21(25(31)30(27)15-18-9-7-13-35-18)14-19-22(33-3)11-12-23(34-4)24(19)29/h7,9,11-14,17,20H,5-6,8,10,15-16H2,1-4H3,(H,28,32)/t17-,20-,27-/m1/s1. The Bertz CT molecular complexity index is 1250. The van der Waals surface area contributed by atoms with Crippen LogP contribution in [0.3, 0.4) is 0 Å². The molecule has 1 aliphatic heterocycles. The molecule has 5 rings (SSSR count). The van der Waals surface area contributed by atoms with Crippen LogP contribution in [-0.4, -0.2) is 47.1 Å². The van der Waals surface area contributed by atoms with Crippen molar-refractivity contribution < 1.29 is 23.5 Å². The van der Waals surface area contributed by atoms with Crippen molar-refractivity contribution in [3.05, 3.63) is 48.0 Å². The van der Waals surface area contributed by atoms with Gasteiger partial charge in [-0.15, -0.1) is 0 Å². The average Bonchev–Trinajstić information content (AvgIpc) is 3.51. The first-order valence-electron chi connectivity index (χ1n) is 12.3. The predicted octanol–water partition coefficient (Wildman–Crippen LogP) is 4.36. The molecule has 0 saturated heterocycles. The van der Waals surface area contributed by atoms with Gasteiger partial charge in [0.1, 0.15) is 28.5 Å². The van der Waals surface area contributed by atoms with Gasteiger partial charge in [0, 0.05) is 11.4 Å². The number of ether oxygens (including phenoxy) is 2. The summed E-state index contributed by atoms with van der Waals surface area (Å²) in [7, 11) is 3.21. The third kappa shape index (κ3) is 3.85. The van der Waals surface area contributed by atoms with Crippen LogP contribution in [-0.2, 0) is 17.9 Å². The van der Waals surface area contributed by atoms with Gasteiger partial charge in [-0.1, -0.05) is 19.8 Å². The Kier molecular flexibility index (Phi) is 5.99. The smallest absolute Gasteiger partial charge is 0.271 e. The summed E-state index contributed by atoms with van der Waals surface area (Å²) in [6.45, 7) is 4.52. The largest absolute Gasteiger partial charge is 0.496 e. The number of nitrogens with zero attached hydrogens (tertiary/aromatic N) is 2. The van der Waals surface area contributed by atoms with Crippen LogP contribution in [0.2, 0.25) is 0 Å². The number of hydrogen-bond acceptors (Lipinski definition) is 5. The summed E-state index contributed by atoms with van der Waals surface area (Å²) in [6, 6.07) is 9.20. The van der Waals surface area contributed by atoms with Gasteiger partial charge in [0.2, 0.25) is 5.91 Å². The lowest BCUT2D eigenvalue weighted by Gasteiger charge is -2.45. The third-order valence-electron chi connectivity index (χ3n) is 7.76. The Morgan fingerprint density at radius 1 is 1.17 bits per heavy atom. The zero-order chi connectivity index (χ0) is 24.7. The van der Waals surface area contributed by atoms with Crippen molar-refractivity contribution in [1.29, 1.82) is 0 Å². The first-order chi connectivity index (χ1) is 16.9. The highest BCUT2D eigenvalue weighted by Gasteiger charge is 2.49. The number of carbonyl (C=O) groups excluding carboxylic acids is 2. The number of furan rings is 1. The molecule has 1 N–H and O–H groups in total. The molecule has 3 heterocycles. The molecule has 2 aromatic heterocycles. The molecule has 2 aliphatic rings. The molecule has 0 unspecified atom stereocenters. The summed E-state index contributed by atoms with van der Waals surface area (Å²) >= 11 is 0. The Balaban J connectivity index is 1.61. The Hall–Kier alpha value is -3.42. The van der Waals surface area contributed by atoms with Crippen LogP contribution in [0.1, 0.15) is 55.8 Å². The van der Waals surface area contributed by atoms with E-state index in [-0.39, 0.29) is 30.9 Å². The molecule has 0 spiro atoms. The molecule has 8 nitrogen and oxygen atoms in total. The fraction of sp³-hybridized carbons (Fsp3) is 0.481. The predicted molar refractivity (Wildman–Crippen MR) is 132 cm³/mol. The molecule has 3 atom stereocenters. The zero-order valence-corrected chi connectivity index (χ0v) is 20.8. The lowest BCUT2D eigenvalue weighted by molar-refractivity contribution is -0.134. The van der Waals surface area contributed by atoms with Crippen molar-refractivity contribution in [3.63, 3.8) is 0 Å². The lowest BCUT2D eigenvalue weighted by atomic mass is 9.85. The maximum atomic E-state index is 14.0.